The first-order chi connectivity index (χ1) is 11.6. The Morgan fingerprint density at radius 1 is 1.12 bits per heavy atom. The lowest BCUT2D eigenvalue weighted by molar-refractivity contribution is 0.585. The van der Waals surface area contributed by atoms with Crippen molar-refractivity contribution >= 4 is 22.9 Å². The molecule has 0 atom stereocenters. The third kappa shape index (κ3) is 2.78. The van der Waals surface area contributed by atoms with Crippen LogP contribution in [0.5, 0.6) is 0 Å². The Kier molecular flexibility index (Phi) is 3.97. The molecule has 0 bridgehead atoms. The number of aromatic amines is 1. The predicted molar refractivity (Wildman–Crippen MR) is 90.6 cm³/mol. The largest absolute Gasteiger partial charge is 0.346 e. The normalized spacial score (nSPS) is 15.5. The molecule has 0 amide bonds. The summed E-state index contributed by atoms with van der Waals surface area (Å²) in [6.45, 7) is 3.88. The van der Waals surface area contributed by atoms with Crippen LogP contribution in [-0.4, -0.2) is 32.3 Å². The Balaban J connectivity index is 1.83. The van der Waals surface area contributed by atoms with E-state index < -0.39 is 5.82 Å². The highest BCUT2D eigenvalue weighted by molar-refractivity contribution is 7.97. The molecule has 1 aliphatic heterocycles. The number of halogens is 2. The van der Waals surface area contributed by atoms with E-state index in [9.17, 15) is 8.78 Å². The van der Waals surface area contributed by atoms with Gasteiger partial charge in [0.25, 0.3) is 0 Å². The molecule has 1 saturated heterocycles. The quantitative estimate of drug-likeness (QED) is 0.718. The van der Waals surface area contributed by atoms with Crippen LogP contribution >= 0.6 is 11.9 Å². The van der Waals surface area contributed by atoms with Crippen molar-refractivity contribution in [3.05, 3.63) is 41.7 Å². The van der Waals surface area contributed by atoms with Gasteiger partial charge in [0.15, 0.2) is 11.6 Å². The average molecular weight is 346 g/mol. The van der Waals surface area contributed by atoms with E-state index in [1.165, 1.54) is 18.9 Å². The molecule has 7 heteroatoms. The predicted octanol–water partition coefficient (Wildman–Crippen LogP) is 4.31. The van der Waals surface area contributed by atoms with E-state index in [1.54, 1.807) is 11.9 Å². The second kappa shape index (κ2) is 6.14. The minimum absolute atomic E-state index is 0.304. The number of H-pyrrole nitrogens is 1. The minimum Gasteiger partial charge on any atom is -0.346 e. The number of hydrogen-bond donors (Lipinski definition) is 1. The summed E-state index contributed by atoms with van der Waals surface area (Å²) in [6.07, 6.45) is 4.64. The molecule has 4 rings (SSSR count). The minimum atomic E-state index is -0.492. The van der Waals surface area contributed by atoms with Crippen molar-refractivity contribution in [1.29, 1.82) is 0 Å². The lowest BCUT2D eigenvalue weighted by Crippen LogP contribution is -2.08. The molecule has 1 N–H and O–H groups in total. The highest BCUT2D eigenvalue weighted by atomic mass is 32.2. The molecular formula is C17H16F2N4S. The molecule has 24 heavy (non-hydrogen) atoms. The Morgan fingerprint density at radius 2 is 1.83 bits per heavy atom. The Morgan fingerprint density at radius 3 is 2.54 bits per heavy atom. The van der Waals surface area contributed by atoms with E-state index in [0.717, 1.165) is 47.0 Å². The van der Waals surface area contributed by atoms with Gasteiger partial charge in [0.1, 0.15) is 5.82 Å². The second-order valence-corrected chi connectivity index (χ2v) is 7.06. The van der Waals surface area contributed by atoms with Gasteiger partial charge in [-0.1, -0.05) is 0 Å². The lowest BCUT2D eigenvalue weighted by Gasteiger charge is -2.10. The molecule has 2 aromatic heterocycles. The van der Waals surface area contributed by atoms with Gasteiger partial charge in [-0.05, 0) is 49.4 Å². The van der Waals surface area contributed by atoms with Gasteiger partial charge in [-0.3, -0.25) is 0 Å². The zero-order valence-electron chi connectivity index (χ0n) is 13.1. The van der Waals surface area contributed by atoms with E-state index in [-0.39, 0.29) is 5.82 Å². The van der Waals surface area contributed by atoms with Gasteiger partial charge in [-0.25, -0.2) is 23.1 Å². The fourth-order valence-electron chi connectivity index (χ4n) is 3.07. The van der Waals surface area contributed by atoms with Crippen molar-refractivity contribution in [2.45, 2.75) is 24.8 Å². The lowest BCUT2D eigenvalue weighted by atomic mass is 10.0. The van der Waals surface area contributed by atoms with Crippen molar-refractivity contribution in [2.24, 2.45) is 0 Å². The number of nitrogens with zero attached hydrogens (tertiary/aromatic N) is 3. The van der Waals surface area contributed by atoms with Crippen LogP contribution in [0, 0.1) is 18.6 Å². The van der Waals surface area contributed by atoms with Gasteiger partial charge in [-0.2, -0.15) is 0 Å². The molecule has 0 radical (unpaired) electrons. The molecule has 1 aromatic carbocycles. The van der Waals surface area contributed by atoms with Crippen LogP contribution in [0.3, 0.4) is 0 Å². The third-order valence-corrected chi connectivity index (χ3v) is 5.22. The van der Waals surface area contributed by atoms with Crippen LogP contribution in [0.15, 0.2) is 29.6 Å². The zero-order chi connectivity index (χ0) is 16.7. The number of aryl methyl sites for hydroxylation is 1. The van der Waals surface area contributed by atoms with E-state index >= 15 is 0 Å². The highest BCUT2D eigenvalue weighted by Gasteiger charge is 2.19. The molecule has 0 saturated carbocycles. The molecule has 0 aliphatic carbocycles. The van der Waals surface area contributed by atoms with Crippen molar-refractivity contribution in [2.75, 3.05) is 13.1 Å². The maximum atomic E-state index is 14.4. The molecule has 3 heterocycles. The Bertz CT molecular complexity index is 886. The van der Waals surface area contributed by atoms with Crippen LogP contribution in [0.4, 0.5) is 8.78 Å². The molecule has 4 nitrogen and oxygen atoms in total. The monoisotopic (exact) mass is 346 g/mol. The molecule has 1 aliphatic rings. The van der Waals surface area contributed by atoms with Crippen molar-refractivity contribution < 1.29 is 8.78 Å². The van der Waals surface area contributed by atoms with Crippen molar-refractivity contribution in [1.82, 2.24) is 19.3 Å². The first-order valence-corrected chi connectivity index (χ1v) is 8.62. The van der Waals surface area contributed by atoms with E-state index in [4.69, 9.17) is 0 Å². The summed E-state index contributed by atoms with van der Waals surface area (Å²) in [4.78, 5) is 11.3. The third-order valence-electron chi connectivity index (χ3n) is 4.18. The Labute approximate surface area is 142 Å². The number of fused-ring (bicyclic) bond motifs is 1. The summed E-state index contributed by atoms with van der Waals surface area (Å²) < 4.78 is 29.8. The highest BCUT2D eigenvalue weighted by Crippen LogP contribution is 2.36. The van der Waals surface area contributed by atoms with Crippen LogP contribution in [0.2, 0.25) is 0 Å². The van der Waals surface area contributed by atoms with Gasteiger partial charge >= 0.3 is 0 Å². The van der Waals surface area contributed by atoms with Gasteiger partial charge in [0.2, 0.25) is 0 Å². The second-order valence-electron chi connectivity index (χ2n) is 5.92. The van der Waals surface area contributed by atoms with Crippen LogP contribution < -0.4 is 0 Å². The molecule has 0 unspecified atom stereocenters. The topological polar surface area (TPSA) is 44.8 Å². The van der Waals surface area contributed by atoms with E-state index in [2.05, 4.69) is 19.3 Å². The van der Waals surface area contributed by atoms with Crippen LogP contribution in [-0.2, 0) is 0 Å². The zero-order valence-corrected chi connectivity index (χ0v) is 14.0. The fraction of sp³-hybridized carbons (Fsp3) is 0.294. The molecule has 3 aromatic rings. The molecule has 124 valence electrons. The summed E-state index contributed by atoms with van der Waals surface area (Å²) in [5.74, 6) is -0.397. The van der Waals surface area contributed by atoms with Gasteiger partial charge < -0.3 is 4.98 Å². The van der Waals surface area contributed by atoms with Crippen LogP contribution in [0.25, 0.3) is 22.3 Å². The standard InChI is InChI=1S/C17H16F2N4S/c1-10-6-13(19)16-12(15(10)17-20-8-11(18)9-21-17)7-14(22-16)24-23-4-2-3-5-23/h6-9,22H,2-5H2,1H3. The SMILES string of the molecule is Cc1cc(F)c2[nH]c(SN3CCCC3)cc2c1-c1ncc(F)cn1. The van der Waals surface area contributed by atoms with Gasteiger partial charge in [0, 0.05) is 24.0 Å². The van der Waals surface area contributed by atoms with Crippen LogP contribution in [0.1, 0.15) is 18.4 Å². The van der Waals surface area contributed by atoms with Crippen molar-refractivity contribution in [3.63, 3.8) is 0 Å². The number of benzene rings is 1. The summed E-state index contributed by atoms with van der Waals surface area (Å²) in [6, 6.07) is 3.39. The van der Waals surface area contributed by atoms with Crippen molar-refractivity contribution in [3.8, 4) is 11.4 Å². The molecular weight excluding hydrogens is 330 g/mol. The molecule has 1 fully saturated rings. The summed E-state index contributed by atoms with van der Waals surface area (Å²) >= 11 is 1.61. The maximum Gasteiger partial charge on any atom is 0.160 e. The number of hydrogen-bond acceptors (Lipinski definition) is 4. The molecule has 0 spiro atoms. The smallest absolute Gasteiger partial charge is 0.160 e. The van der Waals surface area contributed by atoms with E-state index in [0.29, 0.717) is 11.3 Å². The first-order valence-electron chi connectivity index (χ1n) is 7.84. The first kappa shape index (κ1) is 15.5. The summed E-state index contributed by atoms with van der Waals surface area (Å²) in [5, 5.41) is 1.61. The number of rotatable bonds is 3. The number of nitrogens with one attached hydrogen (secondary N) is 1. The average Bonchev–Trinajstić information content (AvgIpc) is 3.19. The summed E-state index contributed by atoms with van der Waals surface area (Å²) in [7, 11) is 0. The van der Waals surface area contributed by atoms with E-state index in [1.807, 2.05) is 13.0 Å². The van der Waals surface area contributed by atoms with Gasteiger partial charge in [-0.15, -0.1) is 0 Å². The number of aromatic nitrogens is 3. The fourth-order valence-corrected chi connectivity index (χ4v) is 4.11. The Hall–Kier alpha value is -1.99. The van der Waals surface area contributed by atoms with Gasteiger partial charge in [0.05, 0.1) is 22.9 Å². The maximum absolute atomic E-state index is 14.4. The summed E-state index contributed by atoms with van der Waals surface area (Å²) in [5.41, 5.74) is 1.89.